The summed E-state index contributed by atoms with van der Waals surface area (Å²) >= 11 is 0. The van der Waals surface area contributed by atoms with Crippen LogP contribution in [0.1, 0.15) is 78.8 Å². The number of hydrogen-bond donors (Lipinski definition) is 0. The molecule has 3 nitrogen and oxygen atoms in total. The topological polar surface area (TPSA) is 50.1 Å². The molecule has 2 aromatic rings. The highest BCUT2D eigenvalue weighted by atomic mass is 19.1. The third kappa shape index (κ3) is 5.42. The van der Waals surface area contributed by atoms with Gasteiger partial charge in [0.1, 0.15) is 40.7 Å². The number of carbonyl (C=O) groups is 1. The highest BCUT2D eigenvalue weighted by Crippen LogP contribution is 2.49. The molecule has 2 fully saturated rings. The SMILES string of the molecule is C=CCCC1CCC2CC(c3c(F)cc(C(=O)Oc4cc(F)c(C#N)c(F)c4)cc3F)CCC2C1. The molecule has 0 radical (unpaired) electrons. The average molecular weight is 486 g/mol. The van der Waals surface area contributed by atoms with Gasteiger partial charge in [-0.2, -0.15) is 5.26 Å². The lowest BCUT2D eigenvalue weighted by atomic mass is 9.63. The molecule has 0 saturated heterocycles. The zero-order chi connectivity index (χ0) is 25.1. The monoisotopic (exact) mass is 485 g/mol. The van der Waals surface area contributed by atoms with E-state index in [1.54, 1.807) is 0 Å². The van der Waals surface area contributed by atoms with Crippen molar-refractivity contribution in [2.24, 2.45) is 17.8 Å². The van der Waals surface area contributed by atoms with Gasteiger partial charge in [0.25, 0.3) is 0 Å². The molecule has 0 heterocycles. The van der Waals surface area contributed by atoms with Crippen molar-refractivity contribution >= 4 is 5.97 Å². The Hall–Kier alpha value is -3.14. The van der Waals surface area contributed by atoms with Gasteiger partial charge in [0, 0.05) is 17.7 Å². The maximum Gasteiger partial charge on any atom is 0.343 e. The third-order valence-electron chi connectivity index (χ3n) is 7.56. The molecule has 2 aliphatic carbocycles. The molecule has 2 aromatic carbocycles. The van der Waals surface area contributed by atoms with Gasteiger partial charge >= 0.3 is 5.97 Å². The van der Waals surface area contributed by atoms with Crippen molar-refractivity contribution in [3.05, 3.63) is 76.9 Å². The second kappa shape index (κ2) is 10.6. The molecule has 0 N–H and O–H groups in total. The van der Waals surface area contributed by atoms with Crippen LogP contribution in [0.4, 0.5) is 17.6 Å². The van der Waals surface area contributed by atoms with E-state index in [1.807, 2.05) is 6.08 Å². The van der Waals surface area contributed by atoms with Crippen LogP contribution in [0.3, 0.4) is 0 Å². The highest BCUT2D eigenvalue weighted by Gasteiger charge is 2.37. The van der Waals surface area contributed by atoms with E-state index >= 15 is 8.78 Å². The third-order valence-corrected chi connectivity index (χ3v) is 7.56. The van der Waals surface area contributed by atoms with Gasteiger partial charge in [0.05, 0.1) is 5.56 Å². The number of nitriles is 1. The molecule has 184 valence electrons. The van der Waals surface area contributed by atoms with Gasteiger partial charge in [-0.25, -0.2) is 22.4 Å². The summed E-state index contributed by atoms with van der Waals surface area (Å²) in [7, 11) is 0. The first-order valence-corrected chi connectivity index (χ1v) is 12.0. The Kier molecular flexibility index (Phi) is 7.59. The minimum Gasteiger partial charge on any atom is -0.423 e. The van der Waals surface area contributed by atoms with Crippen molar-refractivity contribution in [1.82, 2.24) is 0 Å². The number of carbonyl (C=O) groups excluding carboxylic acids is 1. The summed E-state index contributed by atoms with van der Waals surface area (Å²) in [6.45, 7) is 3.80. The number of nitrogens with zero attached hydrogens (tertiary/aromatic N) is 1. The predicted molar refractivity (Wildman–Crippen MR) is 123 cm³/mol. The van der Waals surface area contributed by atoms with E-state index in [9.17, 15) is 13.6 Å². The van der Waals surface area contributed by atoms with Crippen LogP contribution in [0.2, 0.25) is 0 Å². The van der Waals surface area contributed by atoms with Crippen LogP contribution in [0.15, 0.2) is 36.9 Å². The fraction of sp³-hybridized carbons (Fsp3) is 0.429. The molecule has 0 spiro atoms. The highest BCUT2D eigenvalue weighted by molar-refractivity contribution is 5.91. The molecule has 0 aromatic heterocycles. The van der Waals surface area contributed by atoms with Gasteiger partial charge in [-0.05, 0) is 80.8 Å². The number of fused-ring (bicyclic) bond motifs is 1. The normalized spacial score (nSPS) is 23.7. The average Bonchev–Trinajstić information content (AvgIpc) is 2.82. The Morgan fingerprint density at radius 1 is 0.971 bits per heavy atom. The Morgan fingerprint density at radius 2 is 1.60 bits per heavy atom. The molecule has 35 heavy (non-hydrogen) atoms. The molecule has 0 bridgehead atoms. The summed E-state index contributed by atoms with van der Waals surface area (Å²) < 4.78 is 62.5. The number of benzene rings is 2. The Morgan fingerprint density at radius 3 is 2.23 bits per heavy atom. The number of allylic oxidation sites excluding steroid dienone is 1. The number of rotatable bonds is 6. The summed E-state index contributed by atoms with van der Waals surface area (Å²) in [5, 5.41) is 8.73. The van der Waals surface area contributed by atoms with Crippen LogP contribution < -0.4 is 4.74 Å². The van der Waals surface area contributed by atoms with E-state index in [1.165, 1.54) is 6.07 Å². The van der Waals surface area contributed by atoms with E-state index < -0.39 is 46.1 Å². The first kappa shape index (κ1) is 25.0. The van der Waals surface area contributed by atoms with Crippen molar-refractivity contribution in [3.8, 4) is 11.8 Å². The van der Waals surface area contributed by atoms with Crippen LogP contribution in [0.25, 0.3) is 0 Å². The predicted octanol–water partition coefficient (Wildman–Crippen LogP) is 7.60. The van der Waals surface area contributed by atoms with E-state index in [2.05, 4.69) is 6.58 Å². The molecule has 4 atom stereocenters. The molecule has 2 saturated carbocycles. The van der Waals surface area contributed by atoms with Crippen LogP contribution >= 0.6 is 0 Å². The molecule has 7 heteroatoms. The largest absolute Gasteiger partial charge is 0.423 e. The van der Waals surface area contributed by atoms with Crippen molar-refractivity contribution in [1.29, 1.82) is 5.26 Å². The van der Waals surface area contributed by atoms with Crippen LogP contribution in [-0.4, -0.2) is 5.97 Å². The fourth-order valence-electron chi connectivity index (χ4n) is 5.84. The standard InChI is InChI=1S/C28H27F4NO2/c1-2-3-4-16-5-6-18-10-19(8-7-17(18)9-16)27-25(31)11-20(12-26(27)32)28(34)35-21-13-23(29)22(15-33)24(30)14-21/h2,11-14,16-19H,1,3-10H2. The number of halogens is 4. The van der Waals surface area contributed by atoms with Gasteiger partial charge in [-0.3, -0.25) is 0 Å². The van der Waals surface area contributed by atoms with Gasteiger partial charge in [0.2, 0.25) is 0 Å². The summed E-state index contributed by atoms with van der Waals surface area (Å²) in [6.07, 6.45) is 9.83. The van der Waals surface area contributed by atoms with Gasteiger partial charge in [-0.15, -0.1) is 6.58 Å². The quantitative estimate of drug-likeness (QED) is 0.183. The maximum absolute atomic E-state index is 15.0. The van der Waals surface area contributed by atoms with Crippen LogP contribution in [-0.2, 0) is 0 Å². The second-order valence-corrected chi connectivity index (χ2v) is 9.69. The lowest BCUT2D eigenvalue weighted by Gasteiger charge is -2.42. The van der Waals surface area contributed by atoms with Gasteiger partial charge < -0.3 is 4.74 Å². The first-order valence-electron chi connectivity index (χ1n) is 12.0. The molecule has 4 rings (SSSR count). The summed E-state index contributed by atoms with van der Waals surface area (Å²) in [5.41, 5.74) is -1.22. The molecule has 2 aliphatic rings. The smallest absolute Gasteiger partial charge is 0.343 e. The first-order chi connectivity index (χ1) is 16.8. The summed E-state index contributed by atoms with van der Waals surface area (Å²) in [5.74, 6) is -4.23. The molecular formula is C28H27F4NO2. The van der Waals surface area contributed by atoms with E-state index in [0.29, 0.717) is 36.3 Å². The van der Waals surface area contributed by atoms with E-state index in [0.717, 1.165) is 57.1 Å². The maximum atomic E-state index is 15.0. The van der Waals surface area contributed by atoms with Crippen molar-refractivity contribution < 1.29 is 27.1 Å². The van der Waals surface area contributed by atoms with E-state index in [-0.39, 0.29) is 11.5 Å². The second-order valence-electron chi connectivity index (χ2n) is 9.69. The lowest BCUT2D eigenvalue weighted by Crippen LogP contribution is -2.31. The Bertz CT molecular complexity index is 1130. The zero-order valence-corrected chi connectivity index (χ0v) is 19.3. The molecule has 4 unspecified atom stereocenters. The van der Waals surface area contributed by atoms with Gasteiger partial charge in [-0.1, -0.05) is 12.5 Å². The minimum absolute atomic E-state index is 0.00996. The van der Waals surface area contributed by atoms with Crippen molar-refractivity contribution in [3.63, 3.8) is 0 Å². The van der Waals surface area contributed by atoms with Crippen molar-refractivity contribution in [2.45, 2.75) is 57.3 Å². The minimum atomic E-state index is -1.20. The summed E-state index contributed by atoms with van der Waals surface area (Å²) in [4.78, 5) is 12.4. The summed E-state index contributed by atoms with van der Waals surface area (Å²) in [6, 6.07) is 4.53. The van der Waals surface area contributed by atoms with Crippen LogP contribution in [0, 0.1) is 52.4 Å². The molecule has 0 amide bonds. The number of ether oxygens (including phenoxy) is 1. The van der Waals surface area contributed by atoms with Crippen molar-refractivity contribution in [2.75, 3.05) is 0 Å². The lowest BCUT2D eigenvalue weighted by molar-refractivity contribution is 0.0732. The Labute approximate surface area is 202 Å². The van der Waals surface area contributed by atoms with Gasteiger partial charge in [0.15, 0.2) is 0 Å². The number of hydrogen-bond acceptors (Lipinski definition) is 3. The molecular weight excluding hydrogens is 458 g/mol. The molecule has 0 aliphatic heterocycles. The Balaban J connectivity index is 1.45. The number of esters is 1. The van der Waals surface area contributed by atoms with E-state index in [4.69, 9.17) is 10.00 Å². The zero-order valence-electron chi connectivity index (χ0n) is 19.3. The van der Waals surface area contributed by atoms with Crippen LogP contribution in [0.5, 0.6) is 5.75 Å². The fourth-order valence-corrected chi connectivity index (χ4v) is 5.84.